The van der Waals surface area contributed by atoms with E-state index in [1.54, 1.807) is 24.3 Å². The standard InChI is InChI=1S/C19H28O12/c1-27-8-2-4-9(5-3-8)28-19-17(15(25)13(23)11(7-21)30-19)31-18-16(26)14(24)12(22)10(6-20)29-18/h2-5,10-26H,6-7H2,1H3/t10-,11-,12-,13-,14+,15+,16+,17+,18-,19+/m1/s1. The molecule has 1 aromatic rings. The van der Waals surface area contributed by atoms with Gasteiger partial charge in [0, 0.05) is 0 Å². The van der Waals surface area contributed by atoms with Crippen molar-refractivity contribution in [3.8, 4) is 11.5 Å². The van der Waals surface area contributed by atoms with Crippen LogP contribution in [0.15, 0.2) is 24.3 Å². The number of rotatable bonds is 7. The lowest BCUT2D eigenvalue weighted by Crippen LogP contribution is -2.65. The van der Waals surface area contributed by atoms with Gasteiger partial charge < -0.3 is 59.4 Å². The molecular weight excluding hydrogens is 420 g/mol. The zero-order valence-corrected chi connectivity index (χ0v) is 16.7. The highest BCUT2D eigenvalue weighted by Gasteiger charge is 2.51. The molecule has 0 radical (unpaired) electrons. The van der Waals surface area contributed by atoms with Crippen LogP contribution in [0.4, 0.5) is 0 Å². The summed E-state index contributed by atoms with van der Waals surface area (Å²) in [6.45, 7) is -1.29. The quantitative estimate of drug-likeness (QED) is 0.220. The molecule has 2 aliphatic heterocycles. The Hall–Kier alpha value is -1.58. The first kappa shape index (κ1) is 24.1. The molecule has 3 rings (SSSR count). The monoisotopic (exact) mass is 448 g/mol. The van der Waals surface area contributed by atoms with Gasteiger partial charge in [-0.3, -0.25) is 0 Å². The van der Waals surface area contributed by atoms with Crippen molar-refractivity contribution in [2.24, 2.45) is 0 Å². The number of hydrogen-bond acceptors (Lipinski definition) is 12. The predicted molar refractivity (Wildman–Crippen MR) is 100 cm³/mol. The van der Waals surface area contributed by atoms with Crippen molar-refractivity contribution in [2.75, 3.05) is 20.3 Å². The minimum absolute atomic E-state index is 0.286. The van der Waals surface area contributed by atoms with Crippen LogP contribution in [0.2, 0.25) is 0 Å². The van der Waals surface area contributed by atoms with E-state index in [0.717, 1.165) is 0 Å². The Morgan fingerprint density at radius 2 is 1.23 bits per heavy atom. The maximum absolute atomic E-state index is 10.6. The molecule has 0 aliphatic carbocycles. The van der Waals surface area contributed by atoms with Crippen LogP contribution in [-0.4, -0.2) is 117 Å². The van der Waals surface area contributed by atoms with E-state index < -0.39 is 74.6 Å². The lowest BCUT2D eigenvalue weighted by atomic mass is 9.97. The first-order valence-corrected chi connectivity index (χ1v) is 9.69. The molecule has 0 saturated carbocycles. The highest BCUT2D eigenvalue weighted by Crippen LogP contribution is 2.31. The van der Waals surface area contributed by atoms with Gasteiger partial charge in [-0.2, -0.15) is 0 Å². The number of aliphatic hydroxyl groups is 7. The van der Waals surface area contributed by atoms with Gasteiger partial charge in [0.1, 0.15) is 54.2 Å². The minimum atomic E-state index is -1.74. The van der Waals surface area contributed by atoms with Crippen LogP contribution >= 0.6 is 0 Å². The van der Waals surface area contributed by atoms with Gasteiger partial charge >= 0.3 is 0 Å². The van der Waals surface area contributed by atoms with E-state index in [9.17, 15) is 35.7 Å². The largest absolute Gasteiger partial charge is 0.497 e. The molecule has 176 valence electrons. The number of benzene rings is 1. The van der Waals surface area contributed by atoms with E-state index in [-0.39, 0.29) is 5.75 Å². The second kappa shape index (κ2) is 10.4. The van der Waals surface area contributed by atoms with Gasteiger partial charge in [0.15, 0.2) is 12.4 Å². The van der Waals surface area contributed by atoms with Gasteiger partial charge in [0.2, 0.25) is 6.29 Å². The van der Waals surface area contributed by atoms with Crippen LogP contribution in [0, 0.1) is 0 Å². The molecule has 0 spiro atoms. The van der Waals surface area contributed by atoms with Crippen molar-refractivity contribution in [3.05, 3.63) is 24.3 Å². The fourth-order valence-corrected chi connectivity index (χ4v) is 3.42. The number of ether oxygens (including phenoxy) is 5. The molecule has 0 bridgehead atoms. The van der Waals surface area contributed by atoms with Crippen LogP contribution in [0.1, 0.15) is 0 Å². The molecule has 0 aromatic heterocycles. The van der Waals surface area contributed by atoms with Crippen molar-refractivity contribution in [1.82, 2.24) is 0 Å². The summed E-state index contributed by atoms with van der Waals surface area (Å²) in [6, 6.07) is 6.33. The maximum atomic E-state index is 10.6. The lowest BCUT2D eigenvalue weighted by molar-refractivity contribution is -0.357. The lowest BCUT2D eigenvalue weighted by Gasteiger charge is -2.45. The zero-order chi connectivity index (χ0) is 22.7. The average molecular weight is 448 g/mol. The molecular formula is C19H28O12. The average Bonchev–Trinajstić information content (AvgIpc) is 2.79. The summed E-state index contributed by atoms with van der Waals surface area (Å²) in [4.78, 5) is 0. The van der Waals surface area contributed by atoms with Crippen LogP contribution in [0.5, 0.6) is 11.5 Å². The van der Waals surface area contributed by atoms with Crippen LogP contribution < -0.4 is 9.47 Å². The fraction of sp³-hybridized carbons (Fsp3) is 0.684. The molecule has 2 saturated heterocycles. The fourth-order valence-electron chi connectivity index (χ4n) is 3.42. The molecule has 31 heavy (non-hydrogen) atoms. The Kier molecular flexibility index (Phi) is 8.04. The van der Waals surface area contributed by atoms with Gasteiger partial charge in [-0.15, -0.1) is 0 Å². The van der Waals surface area contributed by atoms with Gasteiger partial charge in [0.05, 0.1) is 20.3 Å². The third-order valence-electron chi connectivity index (χ3n) is 5.28. The third-order valence-corrected chi connectivity index (χ3v) is 5.28. The Bertz CT molecular complexity index is 685. The molecule has 0 amide bonds. The maximum Gasteiger partial charge on any atom is 0.229 e. The summed E-state index contributed by atoms with van der Waals surface area (Å²) in [5, 5.41) is 69.6. The van der Waals surface area contributed by atoms with E-state index in [2.05, 4.69) is 0 Å². The van der Waals surface area contributed by atoms with Gasteiger partial charge in [-0.1, -0.05) is 0 Å². The van der Waals surface area contributed by atoms with E-state index in [1.807, 2.05) is 0 Å². The van der Waals surface area contributed by atoms with E-state index in [1.165, 1.54) is 7.11 Å². The number of methoxy groups -OCH3 is 1. The molecule has 10 atom stereocenters. The number of hydrogen-bond donors (Lipinski definition) is 7. The third kappa shape index (κ3) is 5.09. The summed E-state index contributed by atoms with van der Waals surface area (Å²) in [7, 11) is 1.49. The highest BCUT2D eigenvalue weighted by atomic mass is 16.8. The second-order valence-corrected chi connectivity index (χ2v) is 7.30. The zero-order valence-electron chi connectivity index (χ0n) is 16.7. The molecule has 2 heterocycles. The Morgan fingerprint density at radius 1 is 0.710 bits per heavy atom. The summed E-state index contributed by atoms with van der Waals surface area (Å²) in [5.41, 5.74) is 0. The van der Waals surface area contributed by atoms with Crippen molar-refractivity contribution >= 4 is 0 Å². The van der Waals surface area contributed by atoms with Gasteiger partial charge in [-0.05, 0) is 24.3 Å². The second-order valence-electron chi connectivity index (χ2n) is 7.30. The van der Waals surface area contributed by atoms with Crippen LogP contribution in [-0.2, 0) is 14.2 Å². The van der Waals surface area contributed by atoms with Gasteiger partial charge in [-0.25, -0.2) is 0 Å². The first-order valence-electron chi connectivity index (χ1n) is 9.69. The van der Waals surface area contributed by atoms with E-state index in [0.29, 0.717) is 5.75 Å². The molecule has 7 N–H and O–H groups in total. The first-order chi connectivity index (χ1) is 14.8. The molecule has 2 fully saturated rings. The highest BCUT2D eigenvalue weighted by molar-refractivity contribution is 5.31. The van der Waals surface area contributed by atoms with Crippen molar-refractivity contribution < 1.29 is 59.4 Å². The predicted octanol–water partition coefficient (Wildman–Crippen LogP) is -3.30. The molecule has 12 nitrogen and oxygen atoms in total. The van der Waals surface area contributed by atoms with E-state index in [4.69, 9.17) is 23.7 Å². The molecule has 0 unspecified atom stereocenters. The summed E-state index contributed by atoms with van der Waals surface area (Å²) in [5.74, 6) is 0.850. The smallest absolute Gasteiger partial charge is 0.229 e. The van der Waals surface area contributed by atoms with Gasteiger partial charge in [0.25, 0.3) is 0 Å². The minimum Gasteiger partial charge on any atom is -0.497 e. The normalized spacial score (nSPS) is 41.0. The van der Waals surface area contributed by atoms with Crippen molar-refractivity contribution in [3.63, 3.8) is 0 Å². The summed E-state index contributed by atoms with van der Waals surface area (Å²) < 4.78 is 27.2. The summed E-state index contributed by atoms with van der Waals surface area (Å²) in [6.07, 6.45) is -15.1. The Labute approximate surface area is 177 Å². The Balaban J connectivity index is 1.80. The van der Waals surface area contributed by atoms with Crippen LogP contribution in [0.25, 0.3) is 0 Å². The number of aliphatic hydroxyl groups excluding tert-OH is 7. The Morgan fingerprint density at radius 3 is 1.77 bits per heavy atom. The van der Waals surface area contributed by atoms with Crippen LogP contribution in [0.3, 0.4) is 0 Å². The molecule has 2 aliphatic rings. The van der Waals surface area contributed by atoms with Crippen molar-refractivity contribution in [2.45, 2.75) is 61.4 Å². The van der Waals surface area contributed by atoms with Crippen molar-refractivity contribution in [1.29, 1.82) is 0 Å². The topological polar surface area (TPSA) is 188 Å². The van der Waals surface area contributed by atoms with E-state index >= 15 is 0 Å². The summed E-state index contributed by atoms with van der Waals surface area (Å²) >= 11 is 0. The molecule has 12 heteroatoms. The molecule has 1 aromatic carbocycles. The SMILES string of the molecule is COc1ccc(O[C@H]2O[C@H](CO)[C@@H](O)[C@H](O)[C@@H]2O[C@H]2O[C@H](CO)[C@@H](O)[C@H](O)[C@@H]2O)cc1.